The van der Waals surface area contributed by atoms with Gasteiger partial charge < -0.3 is 14.2 Å². The lowest BCUT2D eigenvalue weighted by molar-refractivity contribution is 0.0471. The van der Waals surface area contributed by atoms with Gasteiger partial charge in [-0.25, -0.2) is 4.79 Å². The molecule has 7 heteroatoms. The number of fused-ring (bicyclic) bond motifs is 1. The molecule has 160 valence electrons. The van der Waals surface area contributed by atoms with Crippen LogP contribution in [0.3, 0.4) is 0 Å². The Morgan fingerprint density at radius 3 is 2.52 bits per heavy atom. The zero-order valence-electron chi connectivity index (χ0n) is 17.2. The Morgan fingerprint density at radius 1 is 1.03 bits per heavy atom. The van der Waals surface area contributed by atoms with Crippen LogP contribution in [0, 0.1) is 0 Å². The molecule has 0 aliphatic carbocycles. The molecule has 0 saturated carbocycles. The summed E-state index contributed by atoms with van der Waals surface area (Å²) >= 11 is 3.60. The van der Waals surface area contributed by atoms with Gasteiger partial charge in [-0.05, 0) is 60.4 Å². The fourth-order valence-corrected chi connectivity index (χ4v) is 6.58. The number of benzene rings is 1. The summed E-state index contributed by atoms with van der Waals surface area (Å²) in [6.45, 7) is 1.87. The van der Waals surface area contributed by atoms with Gasteiger partial charge in [0.2, 0.25) is 0 Å². The molecule has 4 heterocycles. The van der Waals surface area contributed by atoms with E-state index < -0.39 is 0 Å². The summed E-state index contributed by atoms with van der Waals surface area (Å²) in [5.41, 5.74) is 3.42. The average Bonchev–Trinajstić information content (AvgIpc) is 3.57. The van der Waals surface area contributed by atoms with Crippen molar-refractivity contribution >= 4 is 35.0 Å². The van der Waals surface area contributed by atoms with E-state index in [0.29, 0.717) is 11.1 Å². The Balaban J connectivity index is 1.31. The van der Waals surface area contributed by atoms with Crippen molar-refractivity contribution in [2.45, 2.75) is 31.6 Å². The number of ether oxygens (including phenoxy) is 1. The monoisotopic (exact) mass is 452 g/mol. The predicted molar refractivity (Wildman–Crippen MR) is 124 cm³/mol. The normalized spacial score (nSPS) is 15.7. The van der Waals surface area contributed by atoms with Crippen molar-refractivity contribution in [1.29, 1.82) is 0 Å². The maximum atomic E-state index is 13.1. The van der Waals surface area contributed by atoms with Crippen molar-refractivity contribution in [2.75, 3.05) is 18.8 Å². The van der Waals surface area contributed by atoms with Crippen LogP contribution in [0.2, 0.25) is 0 Å². The summed E-state index contributed by atoms with van der Waals surface area (Å²) in [5, 5.41) is 0.939. The molecule has 0 radical (unpaired) electrons. The molecule has 5 nitrogen and oxygen atoms in total. The zero-order chi connectivity index (χ0) is 21.2. The minimum atomic E-state index is -0.273. The molecule has 2 aliphatic heterocycles. The van der Waals surface area contributed by atoms with Crippen LogP contribution in [0.4, 0.5) is 0 Å². The maximum absolute atomic E-state index is 13.1. The highest BCUT2D eigenvalue weighted by Gasteiger charge is 2.27. The molecule has 1 amide bonds. The second-order valence-electron chi connectivity index (χ2n) is 7.85. The summed E-state index contributed by atoms with van der Waals surface area (Å²) in [5.74, 6) is 1.79. The molecule has 0 unspecified atom stereocenters. The van der Waals surface area contributed by atoms with Gasteiger partial charge in [-0.1, -0.05) is 12.1 Å². The number of hydrogen-bond donors (Lipinski definition) is 0. The van der Waals surface area contributed by atoms with Crippen LogP contribution in [-0.2, 0) is 23.5 Å². The van der Waals surface area contributed by atoms with Crippen LogP contribution in [0.5, 0.6) is 0 Å². The van der Waals surface area contributed by atoms with E-state index in [9.17, 15) is 9.59 Å². The molecule has 1 saturated heterocycles. The Kier molecular flexibility index (Phi) is 5.87. The smallest absolute Gasteiger partial charge is 0.341 e. The van der Waals surface area contributed by atoms with Crippen molar-refractivity contribution in [1.82, 2.24) is 9.47 Å². The molecule has 1 aromatic carbocycles. The molecule has 3 aromatic rings. The second kappa shape index (κ2) is 8.93. The average molecular weight is 453 g/mol. The fourth-order valence-electron chi connectivity index (χ4n) is 4.15. The molecule has 1 fully saturated rings. The third-order valence-corrected chi connectivity index (χ3v) is 8.22. The van der Waals surface area contributed by atoms with Gasteiger partial charge >= 0.3 is 5.97 Å². The van der Waals surface area contributed by atoms with Crippen molar-refractivity contribution < 1.29 is 14.3 Å². The summed E-state index contributed by atoms with van der Waals surface area (Å²) in [7, 11) is 0. The molecule has 0 N–H and O–H groups in total. The largest absolute Gasteiger partial charge is 0.457 e. The van der Waals surface area contributed by atoms with E-state index in [2.05, 4.69) is 0 Å². The van der Waals surface area contributed by atoms with E-state index >= 15 is 0 Å². The molecule has 31 heavy (non-hydrogen) atoms. The van der Waals surface area contributed by atoms with E-state index in [4.69, 9.17) is 4.74 Å². The number of carbonyl (C=O) groups excluding carboxylic acids is 2. The Hall–Kier alpha value is -2.51. The van der Waals surface area contributed by atoms with E-state index in [0.717, 1.165) is 60.0 Å². The van der Waals surface area contributed by atoms with Gasteiger partial charge in [0.05, 0.1) is 5.56 Å². The molecule has 5 rings (SSSR count). The van der Waals surface area contributed by atoms with Gasteiger partial charge in [-0.15, -0.1) is 11.3 Å². The first-order valence-corrected chi connectivity index (χ1v) is 12.6. The number of likely N-dealkylation sites (tertiary alicyclic amines) is 1. The highest BCUT2D eigenvalue weighted by atomic mass is 32.2. The maximum Gasteiger partial charge on any atom is 0.341 e. The lowest BCUT2D eigenvalue weighted by Crippen LogP contribution is -2.27. The van der Waals surface area contributed by atoms with Crippen molar-refractivity contribution in [2.24, 2.45) is 0 Å². The standard InChI is InChI=1S/C24H24N2O3S2/c27-22(25-10-1-2-11-25)18-7-5-17(6-8-18)15-29-24(28)21-19-9-14-30-16-20(19)31-23(21)26-12-3-4-13-26/h3-8,12-13H,1-2,9-11,14-16H2. The van der Waals surface area contributed by atoms with Gasteiger partial charge in [0.25, 0.3) is 5.91 Å². The quantitative estimate of drug-likeness (QED) is 0.516. The molecule has 0 bridgehead atoms. The first kappa shape index (κ1) is 20.4. The first-order chi connectivity index (χ1) is 15.2. The minimum absolute atomic E-state index is 0.0835. The molecular formula is C24H24N2O3S2. The van der Waals surface area contributed by atoms with Gasteiger partial charge in [-0.2, -0.15) is 11.8 Å². The number of amides is 1. The highest BCUT2D eigenvalue weighted by Crippen LogP contribution is 2.38. The van der Waals surface area contributed by atoms with Crippen molar-refractivity contribution in [3.63, 3.8) is 0 Å². The van der Waals surface area contributed by atoms with Crippen LogP contribution in [0.15, 0.2) is 48.8 Å². The summed E-state index contributed by atoms with van der Waals surface area (Å²) in [4.78, 5) is 28.8. The molecular weight excluding hydrogens is 428 g/mol. The van der Waals surface area contributed by atoms with Gasteiger partial charge in [-0.3, -0.25) is 4.79 Å². The summed E-state index contributed by atoms with van der Waals surface area (Å²) < 4.78 is 7.73. The van der Waals surface area contributed by atoms with Gasteiger partial charge in [0.1, 0.15) is 11.6 Å². The number of thioether (sulfide) groups is 1. The lowest BCUT2D eigenvalue weighted by Gasteiger charge is -2.15. The van der Waals surface area contributed by atoms with Crippen molar-refractivity contribution in [3.05, 3.63) is 75.9 Å². The molecule has 2 aliphatic rings. The predicted octanol–water partition coefficient (Wildman–Crippen LogP) is 4.92. The van der Waals surface area contributed by atoms with Crippen LogP contribution < -0.4 is 0 Å². The third kappa shape index (κ3) is 4.16. The van der Waals surface area contributed by atoms with Gasteiger partial charge in [0, 0.05) is 41.7 Å². The number of aromatic nitrogens is 1. The number of nitrogens with zero attached hydrogens (tertiary/aromatic N) is 2. The van der Waals surface area contributed by atoms with Crippen LogP contribution in [0.1, 0.15) is 49.6 Å². The number of hydrogen-bond acceptors (Lipinski definition) is 5. The number of carbonyl (C=O) groups is 2. The highest BCUT2D eigenvalue weighted by molar-refractivity contribution is 7.98. The molecule has 0 atom stereocenters. The lowest BCUT2D eigenvalue weighted by atomic mass is 10.1. The number of esters is 1. The van der Waals surface area contributed by atoms with E-state index in [1.165, 1.54) is 4.88 Å². The Morgan fingerprint density at radius 2 is 1.77 bits per heavy atom. The Labute approximate surface area is 190 Å². The van der Waals surface area contributed by atoms with E-state index in [1.807, 2.05) is 70.0 Å². The molecule has 2 aromatic heterocycles. The van der Waals surface area contributed by atoms with Crippen LogP contribution in [0.25, 0.3) is 5.00 Å². The summed E-state index contributed by atoms with van der Waals surface area (Å²) in [6, 6.07) is 11.4. The fraction of sp³-hybridized carbons (Fsp3) is 0.333. The number of thiophene rings is 1. The van der Waals surface area contributed by atoms with Gasteiger partial charge in [0.15, 0.2) is 0 Å². The van der Waals surface area contributed by atoms with E-state index in [-0.39, 0.29) is 18.5 Å². The molecule has 0 spiro atoms. The minimum Gasteiger partial charge on any atom is -0.457 e. The first-order valence-electron chi connectivity index (χ1n) is 10.6. The van der Waals surface area contributed by atoms with Crippen LogP contribution >= 0.6 is 23.1 Å². The Bertz CT molecular complexity index is 1080. The second-order valence-corrected chi connectivity index (χ2v) is 10.0. The summed E-state index contributed by atoms with van der Waals surface area (Å²) in [6.07, 6.45) is 7.00. The third-order valence-electron chi connectivity index (χ3n) is 5.81. The van der Waals surface area contributed by atoms with Crippen LogP contribution in [-0.4, -0.2) is 40.2 Å². The number of rotatable bonds is 5. The van der Waals surface area contributed by atoms with E-state index in [1.54, 1.807) is 11.3 Å². The topological polar surface area (TPSA) is 51.5 Å². The SMILES string of the molecule is O=C(OCc1ccc(C(=O)N2CCCC2)cc1)c1c(-n2cccc2)sc2c1CCSC2. The zero-order valence-corrected chi connectivity index (χ0v) is 18.8. The van der Waals surface area contributed by atoms with Crippen molar-refractivity contribution in [3.8, 4) is 5.00 Å².